The molecule has 4 aromatic carbocycles. The topological polar surface area (TPSA) is 391 Å². The van der Waals surface area contributed by atoms with Crippen molar-refractivity contribution < 1.29 is 63.8 Å². The molecule has 352 valence electrons. The molecule has 7 aromatic rings. The van der Waals surface area contributed by atoms with E-state index in [1.165, 1.54) is 23.5 Å². The minimum Gasteiger partial charge on any atom is -0.505 e. The highest BCUT2D eigenvalue weighted by atomic mass is 32.2. The number of carboxylic acid groups (broad SMARTS) is 1. The van der Waals surface area contributed by atoms with Gasteiger partial charge in [0.1, 0.15) is 44.2 Å². The standard InChI is InChI=1S/C38H31N11O14S5/c1-18-12-25(28(63-9-5-11-66(54,55)56)16-24(18)41-46-37-47-48-38(65-37)64-10-8-31(50)51)42-45-33-30(68(60,61)62)14-20-13-29(67(57,58)59)26(15-21(20)34(33)52)43-44-32-19(2)22(17-39)35-40-23-6-3-4-7-27(23)49(35)36(32)53/h3-4,6-7,12-16,52-53H,5,8-11H2,1-2H3,(H,50,51)(H,54,55,56)(H,57,58,59)(H,60,61,62). The van der Waals surface area contributed by atoms with E-state index in [9.17, 15) is 59.2 Å². The predicted molar refractivity (Wildman–Crippen MR) is 242 cm³/mol. The first-order chi connectivity index (χ1) is 32.0. The number of phenols is 1. The Labute approximate surface area is 391 Å². The summed E-state index contributed by atoms with van der Waals surface area (Å²) in [5.74, 6) is -3.14. The van der Waals surface area contributed by atoms with Crippen LogP contribution in [-0.4, -0.2) is 97.9 Å². The first kappa shape index (κ1) is 48.8. The van der Waals surface area contributed by atoms with Crippen LogP contribution in [0, 0.1) is 25.2 Å². The molecule has 0 spiro atoms. The van der Waals surface area contributed by atoms with Crippen LogP contribution in [0.25, 0.3) is 27.5 Å². The van der Waals surface area contributed by atoms with Gasteiger partial charge < -0.3 is 20.1 Å². The molecule has 25 nitrogen and oxygen atoms in total. The van der Waals surface area contributed by atoms with Gasteiger partial charge in [-0.05, 0) is 67.6 Å². The third-order valence-corrected chi connectivity index (χ3v) is 14.0. The van der Waals surface area contributed by atoms with E-state index in [4.69, 9.17) is 9.84 Å². The highest BCUT2D eigenvalue weighted by Gasteiger charge is 2.27. The lowest BCUT2D eigenvalue weighted by atomic mass is 10.1. The van der Waals surface area contributed by atoms with Crippen molar-refractivity contribution in [1.29, 1.82) is 5.26 Å². The number of imidazole rings is 1. The number of nitriles is 1. The number of azo groups is 3. The number of aromatic hydroxyl groups is 2. The molecule has 3 heterocycles. The molecule has 0 radical (unpaired) electrons. The molecule has 0 atom stereocenters. The summed E-state index contributed by atoms with van der Waals surface area (Å²) in [6.45, 7) is 2.65. The summed E-state index contributed by atoms with van der Waals surface area (Å²) < 4.78 is 111. The highest BCUT2D eigenvalue weighted by molar-refractivity contribution is 8.01. The summed E-state index contributed by atoms with van der Waals surface area (Å²) in [5.41, 5.74) is -0.564. The molecule has 0 saturated carbocycles. The Bertz CT molecular complexity index is 3700. The fourth-order valence-electron chi connectivity index (χ4n) is 6.38. The summed E-state index contributed by atoms with van der Waals surface area (Å²) in [5, 5.41) is 73.4. The van der Waals surface area contributed by atoms with Crippen LogP contribution in [0.15, 0.2) is 99.4 Å². The number of para-hydroxylation sites is 2. The van der Waals surface area contributed by atoms with Crippen molar-refractivity contribution in [2.24, 2.45) is 30.7 Å². The van der Waals surface area contributed by atoms with Gasteiger partial charge in [-0.2, -0.15) is 30.5 Å². The van der Waals surface area contributed by atoms with Crippen molar-refractivity contribution in [2.75, 3.05) is 18.1 Å². The Hall–Kier alpha value is -7.11. The number of thioether (sulfide) groups is 1. The Morgan fingerprint density at radius 1 is 0.853 bits per heavy atom. The van der Waals surface area contributed by atoms with Gasteiger partial charge in [0.25, 0.3) is 35.5 Å². The van der Waals surface area contributed by atoms with Crippen LogP contribution in [-0.2, 0) is 35.1 Å². The number of ether oxygens (including phenoxy) is 1. The number of pyridine rings is 1. The normalized spacial score (nSPS) is 12.6. The second kappa shape index (κ2) is 19.2. The number of fused-ring (bicyclic) bond motifs is 4. The number of hydrogen-bond donors (Lipinski definition) is 6. The molecule has 0 aliphatic heterocycles. The maximum atomic E-state index is 12.8. The van der Waals surface area contributed by atoms with E-state index in [2.05, 4.69) is 45.9 Å². The molecule has 0 fully saturated rings. The predicted octanol–water partition coefficient (Wildman–Crippen LogP) is 8.36. The van der Waals surface area contributed by atoms with E-state index < -0.39 is 74.9 Å². The summed E-state index contributed by atoms with van der Waals surface area (Å²) in [7, 11) is -14.9. The highest BCUT2D eigenvalue weighted by Crippen LogP contribution is 2.46. The van der Waals surface area contributed by atoms with Gasteiger partial charge in [-0.15, -0.1) is 40.9 Å². The second-order valence-electron chi connectivity index (χ2n) is 14.1. The lowest BCUT2D eigenvalue weighted by Crippen LogP contribution is -2.08. The molecule has 0 aliphatic carbocycles. The van der Waals surface area contributed by atoms with Gasteiger partial charge in [-0.1, -0.05) is 35.2 Å². The smallest absolute Gasteiger partial charge is 0.304 e. The Balaban J connectivity index is 1.32. The van der Waals surface area contributed by atoms with Crippen LogP contribution in [0.2, 0.25) is 0 Å². The molecule has 30 heteroatoms. The Morgan fingerprint density at radius 2 is 1.53 bits per heavy atom. The van der Waals surface area contributed by atoms with E-state index >= 15 is 0 Å². The van der Waals surface area contributed by atoms with Crippen LogP contribution in [0.5, 0.6) is 17.4 Å². The van der Waals surface area contributed by atoms with Crippen molar-refractivity contribution in [3.05, 3.63) is 71.3 Å². The van der Waals surface area contributed by atoms with Crippen molar-refractivity contribution in [1.82, 2.24) is 19.6 Å². The summed E-state index contributed by atoms with van der Waals surface area (Å²) >= 11 is 2.18. The van der Waals surface area contributed by atoms with Gasteiger partial charge in [0.2, 0.25) is 5.88 Å². The van der Waals surface area contributed by atoms with E-state index in [0.717, 1.165) is 41.3 Å². The van der Waals surface area contributed by atoms with Crippen LogP contribution < -0.4 is 4.74 Å². The van der Waals surface area contributed by atoms with Crippen LogP contribution in [0.3, 0.4) is 0 Å². The number of carbonyl (C=O) groups is 1. The average Bonchev–Trinajstić information content (AvgIpc) is 3.88. The van der Waals surface area contributed by atoms with Gasteiger partial charge >= 0.3 is 5.97 Å². The van der Waals surface area contributed by atoms with Crippen LogP contribution in [0.4, 0.5) is 33.6 Å². The third-order valence-electron chi connectivity index (χ3n) is 9.51. The molecule has 7 rings (SSSR count). The maximum Gasteiger partial charge on any atom is 0.304 e. The van der Waals surface area contributed by atoms with Crippen molar-refractivity contribution >= 4 is 120 Å². The molecule has 0 amide bonds. The lowest BCUT2D eigenvalue weighted by molar-refractivity contribution is -0.136. The maximum absolute atomic E-state index is 12.8. The zero-order valence-electron chi connectivity index (χ0n) is 34.6. The number of aliphatic carboxylic acids is 1. The third kappa shape index (κ3) is 10.7. The second-order valence-corrected chi connectivity index (χ2v) is 20.8. The van der Waals surface area contributed by atoms with Gasteiger partial charge in [0, 0.05) is 22.8 Å². The average molecular weight is 1030 g/mol. The molecule has 0 unspecified atom stereocenters. The number of aromatic nitrogens is 4. The molecule has 0 saturated heterocycles. The molecule has 0 bridgehead atoms. The zero-order chi connectivity index (χ0) is 49.3. The van der Waals surface area contributed by atoms with Gasteiger partial charge in [0.05, 0.1) is 35.5 Å². The SMILES string of the molecule is Cc1cc(N=Nc2c(S(=O)(=O)O)cc3cc(S(=O)(=O)O)c(N=Nc4c(C)c(C#N)c5nc6ccccc6n5c4O)cc3c2O)c(OCCCS(=O)(=O)O)cc1N=Nc1nnc(SCCC(=O)O)s1. The largest absolute Gasteiger partial charge is 0.505 e. The first-order valence-corrected chi connectivity index (χ1v) is 25.3. The number of aryl methyl sites for hydroxylation is 1. The molecular formula is C38H31N11O14S5. The summed E-state index contributed by atoms with van der Waals surface area (Å²) in [4.78, 5) is 13.2. The van der Waals surface area contributed by atoms with Crippen LogP contribution in [0.1, 0.15) is 29.5 Å². The number of carboxylic acids is 1. The number of nitrogens with zero attached hydrogens (tertiary/aromatic N) is 11. The van der Waals surface area contributed by atoms with Gasteiger partial charge in [0.15, 0.2) is 21.4 Å². The van der Waals surface area contributed by atoms with Crippen molar-refractivity contribution in [3.8, 4) is 23.4 Å². The van der Waals surface area contributed by atoms with E-state index in [1.807, 2.05) is 6.07 Å². The zero-order valence-corrected chi connectivity index (χ0v) is 38.7. The Kier molecular flexibility index (Phi) is 13.8. The van der Waals surface area contributed by atoms with E-state index in [0.29, 0.717) is 20.9 Å². The Morgan fingerprint density at radius 3 is 2.22 bits per heavy atom. The van der Waals surface area contributed by atoms with E-state index in [1.54, 1.807) is 31.2 Å². The van der Waals surface area contributed by atoms with Crippen molar-refractivity contribution in [2.45, 2.75) is 40.8 Å². The fraction of sp³-hybridized carbons (Fsp3) is 0.184. The molecule has 68 heavy (non-hydrogen) atoms. The van der Waals surface area contributed by atoms with Gasteiger partial charge in [-0.25, -0.2) is 4.98 Å². The number of rotatable bonds is 17. The molecule has 0 aliphatic rings. The van der Waals surface area contributed by atoms with Crippen LogP contribution >= 0.6 is 23.1 Å². The minimum absolute atomic E-state index is 0.0124. The molecular weight excluding hydrogens is 995 g/mol. The monoisotopic (exact) mass is 1030 g/mol. The molecule has 6 N–H and O–H groups in total. The lowest BCUT2D eigenvalue weighted by Gasteiger charge is -2.13. The summed E-state index contributed by atoms with van der Waals surface area (Å²) in [6, 6.07) is 13.6. The number of benzene rings is 4. The summed E-state index contributed by atoms with van der Waals surface area (Å²) in [6.07, 6.45) is -0.326. The number of hydrogen-bond acceptors (Lipinski definition) is 22. The van der Waals surface area contributed by atoms with Gasteiger partial charge in [-0.3, -0.25) is 22.9 Å². The van der Waals surface area contributed by atoms with Crippen molar-refractivity contribution in [3.63, 3.8) is 0 Å². The number of phenolic OH excluding ortho intramolecular Hbond substituents is 1. The quantitative estimate of drug-likeness (QED) is 0.0216. The molecule has 3 aromatic heterocycles. The first-order valence-electron chi connectivity index (χ1n) is 19.0. The minimum atomic E-state index is -5.31. The fourth-order valence-corrected chi connectivity index (χ4v) is 9.82. The van der Waals surface area contributed by atoms with E-state index in [-0.39, 0.29) is 80.7 Å².